The topological polar surface area (TPSA) is 61.8 Å². The van der Waals surface area contributed by atoms with Crippen LogP contribution in [0.25, 0.3) is 0 Å². The lowest BCUT2D eigenvalue weighted by molar-refractivity contribution is 0.191. The molecule has 2 heterocycles. The average Bonchev–Trinajstić information content (AvgIpc) is 2.96. The van der Waals surface area contributed by atoms with Gasteiger partial charge in [-0.25, -0.2) is 9.18 Å². The summed E-state index contributed by atoms with van der Waals surface area (Å²) in [6, 6.07) is 3.11. The summed E-state index contributed by atoms with van der Waals surface area (Å²) in [5.74, 6) is 0.0251. The van der Waals surface area contributed by atoms with Gasteiger partial charge in [-0.1, -0.05) is 0 Å². The second-order valence-electron chi connectivity index (χ2n) is 5.39. The Kier molecular flexibility index (Phi) is 3.16. The van der Waals surface area contributed by atoms with Crippen LogP contribution in [0.2, 0.25) is 0 Å². The number of amides is 1. The fraction of sp³-hybridized carbons (Fsp3) is 0.500. The first-order valence-electron chi connectivity index (χ1n) is 6.77. The first-order chi connectivity index (χ1) is 9.54. The van der Waals surface area contributed by atoms with Crippen molar-refractivity contribution >= 4 is 11.8 Å². The van der Waals surface area contributed by atoms with E-state index in [9.17, 15) is 9.18 Å². The minimum absolute atomic E-state index is 0.0174. The summed E-state index contributed by atoms with van der Waals surface area (Å²) in [6.45, 7) is 3.29. The van der Waals surface area contributed by atoms with Gasteiger partial charge in [0.15, 0.2) is 11.6 Å². The summed E-state index contributed by atoms with van der Waals surface area (Å²) < 4.78 is 19.3. The predicted octanol–water partition coefficient (Wildman–Crippen LogP) is 2.00. The Morgan fingerprint density at radius 2 is 2.35 bits per heavy atom. The molecule has 0 bridgehead atoms. The number of nitrogens with zero attached hydrogens (tertiary/aromatic N) is 1. The van der Waals surface area contributed by atoms with E-state index < -0.39 is 6.09 Å². The van der Waals surface area contributed by atoms with Crippen molar-refractivity contribution in [1.29, 1.82) is 0 Å². The van der Waals surface area contributed by atoms with Crippen LogP contribution in [0.15, 0.2) is 12.1 Å². The standard InChI is InChI=1S/C14H17FN2O3/c1-8-6-10-12(3-2-11(15)13(10)20-8)17-5-4-9(7-17)16-14(18)19/h2-3,8-9,16H,4-7H2,1H3,(H,18,19)/t8?,9-/m0/s1. The lowest BCUT2D eigenvalue weighted by atomic mass is 10.1. The zero-order valence-electron chi connectivity index (χ0n) is 11.2. The van der Waals surface area contributed by atoms with Crippen LogP contribution in [0.5, 0.6) is 5.75 Å². The highest BCUT2D eigenvalue weighted by Crippen LogP contribution is 2.39. The van der Waals surface area contributed by atoms with E-state index in [2.05, 4.69) is 10.2 Å². The van der Waals surface area contributed by atoms with E-state index in [4.69, 9.17) is 9.84 Å². The molecule has 5 nitrogen and oxygen atoms in total. The van der Waals surface area contributed by atoms with Gasteiger partial charge in [-0.2, -0.15) is 0 Å². The van der Waals surface area contributed by atoms with E-state index in [1.54, 1.807) is 6.07 Å². The third-order valence-corrected chi connectivity index (χ3v) is 3.85. The van der Waals surface area contributed by atoms with E-state index in [0.717, 1.165) is 24.2 Å². The Bertz CT molecular complexity index is 549. The molecule has 2 atom stereocenters. The van der Waals surface area contributed by atoms with Crippen LogP contribution in [0, 0.1) is 5.82 Å². The molecule has 0 spiro atoms. The number of hydrogen-bond donors (Lipinski definition) is 2. The summed E-state index contributed by atoms with van der Waals surface area (Å²) in [7, 11) is 0. The van der Waals surface area contributed by atoms with Crippen molar-refractivity contribution in [3.05, 3.63) is 23.5 Å². The van der Waals surface area contributed by atoms with Crippen molar-refractivity contribution in [2.75, 3.05) is 18.0 Å². The van der Waals surface area contributed by atoms with Crippen molar-refractivity contribution in [3.8, 4) is 5.75 Å². The van der Waals surface area contributed by atoms with Crippen LogP contribution in [0.3, 0.4) is 0 Å². The van der Waals surface area contributed by atoms with E-state index in [0.29, 0.717) is 18.7 Å². The summed E-state index contributed by atoms with van der Waals surface area (Å²) >= 11 is 0. The monoisotopic (exact) mass is 280 g/mol. The summed E-state index contributed by atoms with van der Waals surface area (Å²) in [4.78, 5) is 12.8. The molecular weight excluding hydrogens is 263 g/mol. The van der Waals surface area contributed by atoms with Gasteiger partial charge in [0.05, 0.1) is 6.04 Å². The zero-order valence-corrected chi connectivity index (χ0v) is 11.2. The maximum atomic E-state index is 13.7. The molecule has 3 rings (SSSR count). The Morgan fingerprint density at radius 3 is 3.10 bits per heavy atom. The van der Waals surface area contributed by atoms with Gasteiger partial charge in [0.1, 0.15) is 6.10 Å². The number of anilines is 1. The maximum Gasteiger partial charge on any atom is 0.404 e. The van der Waals surface area contributed by atoms with Gasteiger partial charge < -0.3 is 20.1 Å². The van der Waals surface area contributed by atoms with Gasteiger partial charge in [0.25, 0.3) is 0 Å². The maximum absolute atomic E-state index is 13.7. The molecule has 0 aromatic heterocycles. The molecular formula is C14H17FN2O3. The van der Waals surface area contributed by atoms with Crippen LogP contribution < -0.4 is 15.0 Å². The molecule has 1 fully saturated rings. The van der Waals surface area contributed by atoms with Crippen LogP contribution in [0.1, 0.15) is 18.9 Å². The Labute approximate surface area is 116 Å². The smallest absolute Gasteiger partial charge is 0.404 e. The molecule has 1 aromatic rings. The fourth-order valence-electron chi connectivity index (χ4n) is 3.01. The molecule has 1 amide bonds. The number of fused-ring (bicyclic) bond motifs is 1. The average molecular weight is 280 g/mol. The molecule has 2 aliphatic rings. The van der Waals surface area contributed by atoms with Crippen LogP contribution in [-0.4, -0.2) is 36.4 Å². The molecule has 6 heteroatoms. The van der Waals surface area contributed by atoms with E-state index in [1.807, 2.05) is 6.92 Å². The van der Waals surface area contributed by atoms with Crippen molar-refractivity contribution < 1.29 is 19.0 Å². The van der Waals surface area contributed by atoms with E-state index >= 15 is 0 Å². The predicted molar refractivity (Wildman–Crippen MR) is 72.0 cm³/mol. The number of nitrogens with one attached hydrogen (secondary N) is 1. The number of carboxylic acid groups (broad SMARTS) is 1. The quantitative estimate of drug-likeness (QED) is 0.869. The molecule has 0 saturated carbocycles. The SMILES string of the molecule is CC1Cc2c(N3CC[C@H](NC(=O)O)C3)ccc(F)c2O1. The number of ether oxygens (including phenoxy) is 1. The van der Waals surface area contributed by atoms with Crippen LogP contribution in [0.4, 0.5) is 14.9 Å². The highest BCUT2D eigenvalue weighted by Gasteiger charge is 2.31. The van der Waals surface area contributed by atoms with Crippen molar-refractivity contribution in [2.45, 2.75) is 31.9 Å². The van der Waals surface area contributed by atoms with Crippen LogP contribution in [-0.2, 0) is 6.42 Å². The molecule has 108 valence electrons. The molecule has 1 saturated heterocycles. The normalized spacial score (nSPS) is 24.4. The molecule has 0 radical (unpaired) electrons. The Balaban J connectivity index is 1.83. The van der Waals surface area contributed by atoms with Crippen molar-refractivity contribution in [2.24, 2.45) is 0 Å². The number of benzene rings is 1. The number of carbonyl (C=O) groups is 1. The summed E-state index contributed by atoms with van der Waals surface area (Å²) in [6.07, 6.45) is 0.430. The second kappa shape index (κ2) is 4.85. The molecule has 1 aromatic carbocycles. The van der Waals surface area contributed by atoms with E-state index in [-0.39, 0.29) is 18.0 Å². The Morgan fingerprint density at radius 1 is 1.55 bits per heavy atom. The fourth-order valence-corrected chi connectivity index (χ4v) is 3.01. The van der Waals surface area contributed by atoms with Crippen molar-refractivity contribution in [3.63, 3.8) is 0 Å². The third-order valence-electron chi connectivity index (χ3n) is 3.85. The summed E-state index contributed by atoms with van der Waals surface area (Å²) in [5, 5.41) is 11.3. The largest absolute Gasteiger partial charge is 0.487 e. The lowest BCUT2D eigenvalue weighted by Gasteiger charge is -2.21. The van der Waals surface area contributed by atoms with Crippen molar-refractivity contribution in [1.82, 2.24) is 5.32 Å². The number of halogens is 1. The molecule has 1 unspecified atom stereocenters. The van der Waals surface area contributed by atoms with E-state index in [1.165, 1.54) is 6.07 Å². The molecule has 0 aliphatic carbocycles. The molecule has 2 N–H and O–H groups in total. The van der Waals surface area contributed by atoms with Gasteiger partial charge in [0.2, 0.25) is 0 Å². The molecule has 2 aliphatic heterocycles. The third kappa shape index (κ3) is 2.26. The Hall–Kier alpha value is -1.98. The number of hydrogen-bond acceptors (Lipinski definition) is 3. The zero-order chi connectivity index (χ0) is 14.3. The molecule has 20 heavy (non-hydrogen) atoms. The number of rotatable bonds is 2. The minimum Gasteiger partial charge on any atom is -0.487 e. The van der Waals surface area contributed by atoms with Gasteiger partial charge in [-0.15, -0.1) is 0 Å². The highest BCUT2D eigenvalue weighted by atomic mass is 19.1. The minimum atomic E-state index is -1.00. The van der Waals surface area contributed by atoms with Gasteiger partial charge in [-0.05, 0) is 25.5 Å². The summed E-state index contributed by atoms with van der Waals surface area (Å²) in [5.41, 5.74) is 1.86. The highest BCUT2D eigenvalue weighted by molar-refractivity contribution is 5.66. The van der Waals surface area contributed by atoms with Gasteiger partial charge >= 0.3 is 6.09 Å². The van der Waals surface area contributed by atoms with Gasteiger partial charge in [-0.3, -0.25) is 0 Å². The first kappa shape index (κ1) is 13.0. The first-order valence-corrected chi connectivity index (χ1v) is 6.77. The lowest BCUT2D eigenvalue weighted by Crippen LogP contribution is -2.36. The van der Waals surface area contributed by atoms with Crippen LogP contribution >= 0.6 is 0 Å². The second-order valence-corrected chi connectivity index (χ2v) is 5.39. The van der Waals surface area contributed by atoms with Gasteiger partial charge in [0, 0.05) is 30.8 Å².